The summed E-state index contributed by atoms with van der Waals surface area (Å²) in [6.07, 6.45) is 8.95. The van der Waals surface area contributed by atoms with Crippen LogP contribution in [0.2, 0.25) is 0 Å². The molecule has 1 saturated heterocycles. The fraction of sp³-hybridized carbons (Fsp3) is 1.00. The topological polar surface area (TPSA) is 15.3 Å². The first-order valence-corrected chi connectivity index (χ1v) is 7.81. The van der Waals surface area contributed by atoms with Gasteiger partial charge < -0.3 is 10.2 Å². The molecule has 1 heterocycles. The van der Waals surface area contributed by atoms with Gasteiger partial charge in [0, 0.05) is 12.6 Å². The Morgan fingerprint density at radius 3 is 2.47 bits per heavy atom. The Hall–Kier alpha value is -0.0800. The molecule has 0 radical (unpaired) electrons. The second kappa shape index (κ2) is 5.27. The van der Waals surface area contributed by atoms with Gasteiger partial charge in [-0.15, -0.1) is 0 Å². The van der Waals surface area contributed by atoms with Crippen LogP contribution in [-0.2, 0) is 0 Å². The Balaban J connectivity index is 1.42. The van der Waals surface area contributed by atoms with E-state index >= 15 is 0 Å². The van der Waals surface area contributed by atoms with Gasteiger partial charge in [0.1, 0.15) is 0 Å². The zero-order chi connectivity index (χ0) is 11.7. The standard InChI is InChI=1S/C15H28N2/c1-2-16-15-5-7-17(8-6-15)11-14-10-12-3-4-13(14)9-12/h12-16H,2-11H2,1H3. The van der Waals surface area contributed by atoms with Crippen LogP contribution in [0.15, 0.2) is 0 Å². The van der Waals surface area contributed by atoms with Gasteiger partial charge in [0.15, 0.2) is 0 Å². The number of fused-ring (bicyclic) bond motifs is 2. The maximum atomic E-state index is 3.60. The molecule has 2 heteroatoms. The van der Waals surface area contributed by atoms with E-state index in [9.17, 15) is 0 Å². The Bertz CT molecular complexity index is 245. The predicted molar refractivity (Wildman–Crippen MR) is 72.1 cm³/mol. The summed E-state index contributed by atoms with van der Waals surface area (Å²) in [6.45, 7) is 7.45. The zero-order valence-corrected chi connectivity index (χ0v) is 11.3. The van der Waals surface area contributed by atoms with E-state index < -0.39 is 0 Å². The fourth-order valence-electron chi connectivity index (χ4n) is 4.54. The number of likely N-dealkylation sites (tertiary alicyclic amines) is 1. The van der Waals surface area contributed by atoms with Crippen molar-refractivity contribution in [2.24, 2.45) is 17.8 Å². The lowest BCUT2D eigenvalue weighted by atomic mass is 9.88. The van der Waals surface area contributed by atoms with Crippen molar-refractivity contribution in [2.45, 2.75) is 51.5 Å². The number of piperidine rings is 1. The van der Waals surface area contributed by atoms with Crippen LogP contribution in [0.4, 0.5) is 0 Å². The van der Waals surface area contributed by atoms with Crippen molar-refractivity contribution in [3.05, 3.63) is 0 Å². The van der Waals surface area contributed by atoms with Gasteiger partial charge in [0.2, 0.25) is 0 Å². The van der Waals surface area contributed by atoms with E-state index in [4.69, 9.17) is 0 Å². The molecule has 0 aromatic heterocycles. The van der Waals surface area contributed by atoms with Crippen molar-refractivity contribution in [2.75, 3.05) is 26.2 Å². The van der Waals surface area contributed by atoms with Crippen LogP contribution < -0.4 is 5.32 Å². The highest BCUT2D eigenvalue weighted by Crippen LogP contribution is 2.48. The molecule has 0 aromatic carbocycles. The molecule has 2 saturated carbocycles. The lowest BCUT2D eigenvalue weighted by molar-refractivity contribution is 0.149. The molecule has 2 bridgehead atoms. The number of hydrogen-bond acceptors (Lipinski definition) is 2. The molecule has 0 aromatic rings. The van der Waals surface area contributed by atoms with Crippen molar-refractivity contribution in [3.8, 4) is 0 Å². The van der Waals surface area contributed by atoms with E-state index in [2.05, 4.69) is 17.1 Å². The Kier molecular flexibility index (Phi) is 3.72. The molecule has 3 rings (SSSR count). The van der Waals surface area contributed by atoms with Crippen LogP contribution in [0.1, 0.15) is 45.4 Å². The maximum absolute atomic E-state index is 3.60. The summed E-state index contributed by atoms with van der Waals surface area (Å²) in [5, 5.41) is 3.60. The highest BCUT2D eigenvalue weighted by molar-refractivity contribution is 4.92. The first kappa shape index (κ1) is 12.0. The van der Waals surface area contributed by atoms with Gasteiger partial charge in [-0.1, -0.05) is 13.3 Å². The monoisotopic (exact) mass is 236 g/mol. The maximum Gasteiger partial charge on any atom is 0.00912 e. The van der Waals surface area contributed by atoms with Gasteiger partial charge in [-0.25, -0.2) is 0 Å². The SMILES string of the molecule is CCNC1CCN(CC2CC3CCC2C3)CC1. The van der Waals surface area contributed by atoms with Gasteiger partial charge in [-0.2, -0.15) is 0 Å². The van der Waals surface area contributed by atoms with Gasteiger partial charge in [0.25, 0.3) is 0 Å². The third kappa shape index (κ3) is 2.68. The molecular formula is C15H28N2. The quantitative estimate of drug-likeness (QED) is 0.807. The number of hydrogen-bond donors (Lipinski definition) is 1. The lowest BCUT2D eigenvalue weighted by Gasteiger charge is -2.35. The van der Waals surface area contributed by atoms with E-state index in [0.717, 1.165) is 30.3 Å². The van der Waals surface area contributed by atoms with Crippen LogP contribution >= 0.6 is 0 Å². The molecule has 3 atom stereocenters. The molecule has 2 aliphatic carbocycles. The summed E-state index contributed by atoms with van der Waals surface area (Å²) in [7, 11) is 0. The molecule has 0 spiro atoms. The van der Waals surface area contributed by atoms with Crippen molar-refractivity contribution in [1.82, 2.24) is 10.2 Å². The molecule has 3 fully saturated rings. The van der Waals surface area contributed by atoms with Gasteiger partial charge in [-0.3, -0.25) is 0 Å². The predicted octanol–water partition coefficient (Wildman–Crippen LogP) is 2.50. The van der Waals surface area contributed by atoms with Gasteiger partial charge in [-0.05, 0) is 69.5 Å². The van der Waals surface area contributed by atoms with E-state index in [-0.39, 0.29) is 0 Å². The van der Waals surface area contributed by atoms with Crippen molar-refractivity contribution >= 4 is 0 Å². The Labute approximate surface area is 106 Å². The lowest BCUT2D eigenvalue weighted by Crippen LogP contribution is -2.44. The molecule has 98 valence electrons. The van der Waals surface area contributed by atoms with E-state index in [1.54, 1.807) is 25.7 Å². The normalized spacial score (nSPS) is 39.0. The second-order valence-electron chi connectivity index (χ2n) is 6.57. The minimum absolute atomic E-state index is 0.802. The molecular weight excluding hydrogens is 208 g/mol. The summed E-state index contributed by atoms with van der Waals surface area (Å²) in [5.74, 6) is 3.28. The molecule has 1 N–H and O–H groups in total. The Morgan fingerprint density at radius 2 is 1.88 bits per heavy atom. The highest BCUT2D eigenvalue weighted by atomic mass is 15.1. The molecule has 0 amide bonds. The van der Waals surface area contributed by atoms with E-state index in [1.807, 2.05) is 0 Å². The van der Waals surface area contributed by atoms with E-state index in [1.165, 1.54) is 32.5 Å². The van der Waals surface area contributed by atoms with Crippen LogP contribution in [-0.4, -0.2) is 37.1 Å². The molecule has 2 nitrogen and oxygen atoms in total. The first-order valence-electron chi connectivity index (χ1n) is 7.81. The summed E-state index contributed by atoms with van der Waals surface area (Å²) >= 11 is 0. The highest BCUT2D eigenvalue weighted by Gasteiger charge is 2.40. The fourth-order valence-corrected chi connectivity index (χ4v) is 4.54. The smallest absolute Gasteiger partial charge is 0.00912 e. The second-order valence-corrected chi connectivity index (χ2v) is 6.57. The molecule has 1 aliphatic heterocycles. The molecule has 3 aliphatic rings. The third-order valence-electron chi connectivity index (χ3n) is 5.46. The van der Waals surface area contributed by atoms with Crippen molar-refractivity contribution in [3.63, 3.8) is 0 Å². The van der Waals surface area contributed by atoms with E-state index in [0.29, 0.717) is 0 Å². The Morgan fingerprint density at radius 1 is 1.06 bits per heavy atom. The van der Waals surface area contributed by atoms with Gasteiger partial charge in [0.05, 0.1) is 0 Å². The van der Waals surface area contributed by atoms with Gasteiger partial charge >= 0.3 is 0 Å². The summed E-state index contributed by atoms with van der Waals surface area (Å²) in [5.41, 5.74) is 0. The van der Waals surface area contributed by atoms with Crippen molar-refractivity contribution in [1.29, 1.82) is 0 Å². The third-order valence-corrected chi connectivity index (χ3v) is 5.46. The van der Waals surface area contributed by atoms with Crippen LogP contribution in [0.25, 0.3) is 0 Å². The average molecular weight is 236 g/mol. The summed E-state index contributed by atoms with van der Waals surface area (Å²) in [6, 6.07) is 0.802. The number of nitrogens with zero attached hydrogens (tertiary/aromatic N) is 1. The van der Waals surface area contributed by atoms with Crippen molar-refractivity contribution < 1.29 is 0 Å². The molecule has 3 unspecified atom stereocenters. The zero-order valence-electron chi connectivity index (χ0n) is 11.3. The van der Waals surface area contributed by atoms with Crippen LogP contribution in [0, 0.1) is 17.8 Å². The molecule has 17 heavy (non-hydrogen) atoms. The largest absolute Gasteiger partial charge is 0.314 e. The average Bonchev–Trinajstić information content (AvgIpc) is 2.94. The minimum atomic E-state index is 0.802. The number of nitrogens with one attached hydrogen (secondary N) is 1. The first-order chi connectivity index (χ1) is 8.35. The summed E-state index contributed by atoms with van der Waals surface area (Å²) < 4.78 is 0. The number of rotatable bonds is 4. The summed E-state index contributed by atoms with van der Waals surface area (Å²) in [4.78, 5) is 2.75. The van der Waals surface area contributed by atoms with Crippen LogP contribution in [0.5, 0.6) is 0 Å². The minimum Gasteiger partial charge on any atom is -0.314 e. The van der Waals surface area contributed by atoms with Crippen LogP contribution in [0.3, 0.4) is 0 Å².